The molecule has 1 heterocycles. The Bertz CT molecular complexity index is 182. The number of aromatic nitrogens is 1. The van der Waals surface area contributed by atoms with E-state index >= 15 is 0 Å². The third kappa shape index (κ3) is 3.58. The molecule has 0 atom stereocenters. The highest BCUT2D eigenvalue weighted by atomic mass is 16.2. The summed E-state index contributed by atoms with van der Waals surface area (Å²) < 4.78 is 0. The molecule has 12 heavy (non-hydrogen) atoms. The number of H-pyrrole nitrogens is 1. The van der Waals surface area contributed by atoms with E-state index in [1.807, 2.05) is 12.4 Å². The third-order valence-electron chi connectivity index (χ3n) is 2.04. The van der Waals surface area contributed by atoms with Crippen LogP contribution in [-0.2, 0) is 6.42 Å². The van der Waals surface area contributed by atoms with Gasteiger partial charge in [0.2, 0.25) is 0 Å². The Hall–Kier alpha value is -0.760. The highest BCUT2D eigenvalue weighted by molar-refractivity contribution is 5.07. The molecule has 0 aliphatic heterocycles. The number of hydrogen-bond donors (Lipinski definition) is 2. The summed E-state index contributed by atoms with van der Waals surface area (Å²) >= 11 is 0. The highest BCUT2D eigenvalue weighted by Crippen LogP contribution is 2.06. The van der Waals surface area contributed by atoms with Gasteiger partial charge in [-0.1, -0.05) is 12.8 Å². The summed E-state index contributed by atoms with van der Waals surface area (Å²) in [5.41, 5.74) is 1.39. The zero-order chi connectivity index (χ0) is 8.65. The van der Waals surface area contributed by atoms with E-state index < -0.39 is 0 Å². The molecule has 68 valence electrons. The molecule has 1 aromatic rings. The number of nitrogens with one attached hydrogen (secondary N) is 1. The van der Waals surface area contributed by atoms with E-state index in [1.165, 1.54) is 18.4 Å². The number of hydrogen-bond acceptors (Lipinski definition) is 1. The average molecular weight is 167 g/mol. The summed E-state index contributed by atoms with van der Waals surface area (Å²) in [4.78, 5) is 3.04. The molecule has 0 spiro atoms. The number of aliphatic hydroxyl groups excluding tert-OH is 1. The lowest BCUT2D eigenvalue weighted by atomic mass is 10.1. The lowest BCUT2D eigenvalue weighted by Crippen LogP contribution is -1.85. The minimum atomic E-state index is 0.337. The smallest absolute Gasteiger partial charge is 0.0431 e. The van der Waals surface area contributed by atoms with Crippen LogP contribution in [0.15, 0.2) is 18.5 Å². The monoisotopic (exact) mass is 167 g/mol. The van der Waals surface area contributed by atoms with Gasteiger partial charge in [0.15, 0.2) is 0 Å². The summed E-state index contributed by atoms with van der Waals surface area (Å²) in [6.45, 7) is 0.337. The molecule has 0 bridgehead atoms. The van der Waals surface area contributed by atoms with E-state index in [4.69, 9.17) is 5.11 Å². The van der Waals surface area contributed by atoms with Gasteiger partial charge in [-0.25, -0.2) is 0 Å². The number of aryl methyl sites for hydroxylation is 1. The van der Waals surface area contributed by atoms with Gasteiger partial charge in [0.05, 0.1) is 0 Å². The van der Waals surface area contributed by atoms with Gasteiger partial charge in [0, 0.05) is 19.0 Å². The number of aliphatic hydroxyl groups is 1. The predicted molar refractivity (Wildman–Crippen MR) is 50.1 cm³/mol. The van der Waals surface area contributed by atoms with Crippen molar-refractivity contribution in [2.24, 2.45) is 0 Å². The van der Waals surface area contributed by atoms with E-state index in [2.05, 4.69) is 11.1 Å². The van der Waals surface area contributed by atoms with Gasteiger partial charge >= 0.3 is 0 Å². The van der Waals surface area contributed by atoms with Crippen LogP contribution in [0.4, 0.5) is 0 Å². The van der Waals surface area contributed by atoms with Crippen LogP contribution in [0.2, 0.25) is 0 Å². The Kier molecular flexibility index (Phi) is 4.54. The molecule has 0 unspecified atom stereocenters. The molecular weight excluding hydrogens is 150 g/mol. The first-order chi connectivity index (χ1) is 5.93. The summed E-state index contributed by atoms with van der Waals surface area (Å²) in [5.74, 6) is 0. The molecule has 0 amide bonds. The maximum Gasteiger partial charge on any atom is 0.0431 e. The molecule has 0 saturated carbocycles. The molecule has 1 rings (SSSR count). The minimum absolute atomic E-state index is 0.337. The van der Waals surface area contributed by atoms with Crippen molar-refractivity contribution in [3.8, 4) is 0 Å². The van der Waals surface area contributed by atoms with E-state index in [1.54, 1.807) is 0 Å². The summed E-state index contributed by atoms with van der Waals surface area (Å²) in [5, 5.41) is 8.54. The molecule has 0 saturated heterocycles. The van der Waals surface area contributed by atoms with Crippen molar-refractivity contribution in [1.29, 1.82) is 0 Å². The molecule has 0 radical (unpaired) electrons. The van der Waals surface area contributed by atoms with E-state index in [0.29, 0.717) is 6.61 Å². The van der Waals surface area contributed by atoms with Gasteiger partial charge in [0.1, 0.15) is 0 Å². The Morgan fingerprint density at radius 3 is 2.67 bits per heavy atom. The SMILES string of the molecule is OCCCCCCc1cc[nH]c1. The fraction of sp³-hybridized carbons (Fsp3) is 0.600. The largest absolute Gasteiger partial charge is 0.396 e. The van der Waals surface area contributed by atoms with Gasteiger partial charge < -0.3 is 10.1 Å². The maximum absolute atomic E-state index is 8.54. The molecule has 1 aromatic heterocycles. The lowest BCUT2D eigenvalue weighted by Gasteiger charge is -1.97. The molecule has 0 aromatic carbocycles. The highest BCUT2D eigenvalue weighted by Gasteiger charge is 1.92. The van der Waals surface area contributed by atoms with E-state index in [0.717, 1.165) is 19.3 Å². The normalized spacial score (nSPS) is 10.4. The van der Waals surface area contributed by atoms with Crippen LogP contribution in [-0.4, -0.2) is 16.7 Å². The quantitative estimate of drug-likeness (QED) is 0.625. The average Bonchev–Trinajstić information content (AvgIpc) is 2.57. The van der Waals surface area contributed by atoms with Crippen molar-refractivity contribution in [2.75, 3.05) is 6.61 Å². The summed E-state index contributed by atoms with van der Waals surface area (Å²) in [6, 6.07) is 2.12. The molecular formula is C10H17NO. The molecule has 2 N–H and O–H groups in total. The second kappa shape index (κ2) is 5.84. The maximum atomic E-state index is 8.54. The van der Waals surface area contributed by atoms with Crippen LogP contribution >= 0.6 is 0 Å². The Labute approximate surface area is 73.6 Å². The third-order valence-corrected chi connectivity index (χ3v) is 2.04. The van der Waals surface area contributed by atoms with Crippen LogP contribution in [0.25, 0.3) is 0 Å². The zero-order valence-electron chi connectivity index (χ0n) is 7.42. The topological polar surface area (TPSA) is 36.0 Å². The summed E-state index contributed by atoms with van der Waals surface area (Å²) in [7, 11) is 0. The van der Waals surface area contributed by atoms with Gasteiger partial charge in [-0.2, -0.15) is 0 Å². The zero-order valence-corrected chi connectivity index (χ0v) is 7.42. The number of aromatic amines is 1. The van der Waals surface area contributed by atoms with Crippen LogP contribution in [0.3, 0.4) is 0 Å². The van der Waals surface area contributed by atoms with Crippen molar-refractivity contribution < 1.29 is 5.11 Å². The molecule has 2 heteroatoms. The summed E-state index contributed by atoms with van der Waals surface area (Å²) in [6.07, 6.45) is 9.74. The van der Waals surface area contributed by atoms with Crippen molar-refractivity contribution in [1.82, 2.24) is 4.98 Å². The van der Waals surface area contributed by atoms with Gasteiger partial charge in [0.25, 0.3) is 0 Å². The lowest BCUT2D eigenvalue weighted by molar-refractivity contribution is 0.282. The Morgan fingerprint density at radius 1 is 1.17 bits per heavy atom. The van der Waals surface area contributed by atoms with Crippen molar-refractivity contribution in [2.45, 2.75) is 32.1 Å². The molecule has 2 nitrogen and oxygen atoms in total. The second-order valence-electron chi connectivity index (χ2n) is 3.11. The first-order valence-electron chi connectivity index (χ1n) is 4.66. The Balaban J connectivity index is 1.96. The van der Waals surface area contributed by atoms with Crippen LogP contribution in [0, 0.1) is 0 Å². The van der Waals surface area contributed by atoms with Crippen LogP contribution < -0.4 is 0 Å². The molecule has 0 aliphatic rings. The van der Waals surface area contributed by atoms with Gasteiger partial charge in [-0.3, -0.25) is 0 Å². The van der Waals surface area contributed by atoms with E-state index in [9.17, 15) is 0 Å². The van der Waals surface area contributed by atoms with Gasteiger partial charge in [-0.05, 0) is 30.9 Å². The fourth-order valence-corrected chi connectivity index (χ4v) is 1.31. The molecule has 0 fully saturated rings. The minimum Gasteiger partial charge on any atom is -0.396 e. The number of rotatable bonds is 6. The van der Waals surface area contributed by atoms with Crippen molar-refractivity contribution >= 4 is 0 Å². The first kappa shape index (κ1) is 9.33. The molecule has 0 aliphatic carbocycles. The number of unbranched alkanes of at least 4 members (excludes halogenated alkanes) is 3. The Morgan fingerprint density at radius 2 is 2.00 bits per heavy atom. The van der Waals surface area contributed by atoms with Crippen LogP contribution in [0.5, 0.6) is 0 Å². The predicted octanol–water partition coefficient (Wildman–Crippen LogP) is 2.11. The van der Waals surface area contributed by atoms with Crippen molar-refractivity contribution in [3.05, 3.63) is 24.0 Å². The van der Waals surface area contributed by atoms with Gasteiger partial charge in [-0.15, -0.1) is 0 Å². The second-order valence-corrected chi connectivity index (χ2v) is 3.11. The van der Waals surface area contributed by atoms with E-state index in [-0.39, 0.29) is 0 Å². The standard InChI is InChI=1S/C10H17NO/c12-8-4-2-1-3-5-10-6-7-11-9-10/h6-7,9,11-12H,1-5,8H2. The fourth-order valence-electron chi connectivity index (χ4n) is 1.31. The van der Waals surface area contributed by atoms with Crippen LogP contribution in [0.1, 0.15) is 31.2 Å². The van der Waals surface area contributed by atoms with Crippen molar-refractivity contribution in [3.63, 3.8) is 0 Å². The first-order valence-corrected chi connectivity index (χ1v) is 4.66.